The van der Waals surface area contributed by atoms with E-state index in [4.69, 9.17) is 9.47 Å². The Labute approximate surface area is 172 Å². The molecule has 3 heterocycles. The summed E-state index contributed by atoms with van der Waals surface area (Å²) < 4.78 is 13.4. The number of amides is 1. The van der Waals surface area contributed by atoms with Crippen LogP contribution in [0.3, 0.4) is 0 Å². The molecule has 1 spiro atoms. The Morgan fingerprint density at radius 1 is 1.10 bits per heavy atom. The molecule has 0 unspecified atom stereocenters. The molecular formula is C23H31N3O3. The van der Waals surface area contributed by atoms with E-state index in [9.17, 15) is 4.79 Å². The van der Waals surface area contributed by atoms with Crippen LogP contribution in [-0.4, -0.2) is 60.1 Å². The SMILES string of the molecule is Cc1ccc(-n2ncc(C(=O)N3CCOCC4(CCOCC4)C3)c2C(C)C)cc1. The quantitative estimate of drug-likeness (QED) is 0.794. The summed E-state index contributed by atoms with van der Waals surface area (Å²) in [7, 11) is 0. The van der Waals surface area contributed by atoms with Crippen LogP contribution >= 0.6 is 0 Å². The lowest BCUT2D eigenvalue weighted by molar-refractivity contribution is -0.0304. The molecule has 1 amide bonds. The highest BCUT2D eigenvalue weighted by molar-refractivity contribution is 5.95. The van der Waals surface area contributed by atoms with Crippen molar-refractivity contribution in [1.29, 1.82) is 0 Å². The second kappa shape index (κ2) is 8.28. The fourth-order valence-corrected chi connectivity index (χ4v) is 4.41. The summed E-state index contributed by atoms with van der Waals surface area (Å²) in [6.07, 6.45) is 3.62. The minimum atomic E-state index is 0.00928. The second-order valence-electron chi connectivity index (χ2n) is 8.74. The Hall–Kier alpha value is -2.18. The van der Waals surface area contributed by atoms with Crippen LogP contribution in [0.15, 0.2) is 30.5 Å². The van der Waals surface area contributed by atoms with Gasteiger partial charge >= 0.3 is 0 Å². The van der Waals surface area contributed by atoms with Gasteiger partial charge in [-0.2, -0.15) is 5.10 Å². The van der Waals surface area contributed by atoms with E-state index in [1.165, 1.54) is 5.56 Å². The molecule has 2 aliphatic heterocycles. The normalized spacial score (nSPS) is 19.5. The van der Waals surface area contributed by atoms with E-state index in [1.807, 2.05) is 9.58 Å². The second-order valence-corrected chi connectivity index (χ2v) is 8.74. The monoisotopic (exact) mass is 397 g/mol. The Morgan fingerprint density at radius 2 is 1.83 bits per heavy atom. The number of nitrogens with zero attached hydrogens (tertiary/aromatic N) is 3. The maximum absolute atomic E-state index is 13.6. The predicted molar refractivity (Wildman–Crippen MR) is 112 cm³/mol. The Kier molecular flexibility index (Phi) is 5.74. The molecule has 0 N–H and O–H groups in total. The van der Waals surface area contributed by atoms with Crippen LogP contribution in [0, 0.1) is 12.3 Å². The van der Waals surface area contributed by atoms with Crippen molar-refractivity contribution in [1.82, 2.24) is 14.7 Å². The van der Waals surface area contributed by atoms with Crippen molar-refractivity contribution in [3.63, 3.8) is 0 Å². The first kappa shape index (κ1) is 20.1. The zero-order chi connectivity index (χ0) is 20.4. The maximum atomic E-state index is 13.6. The minimum Gasteiger partial charge on any atom is -0.381 e. The van der Waals surface area contributed by atoms with Crippen LogP contribution in [-0.2, 0) is 9.47 Å². The molecule has 6 heteroatoms. The molecule has 2 aromatic rings. The van der Waals surface area contributed by atoms with Crippen molar-refractivity contribution in [3.05, 3.63) is 47.3 Å². The molecule has 0 saturated carbocycles. The minimum absolute atomic E-state index is 0.00928. The number of ether oxygens (including phenoxy) is 2. The first-order valence-corrected chi connectivity index (χ1v) is 10.6. The number of hydrogen-bond acceptors (Lipinski definition) is 4. The van der Waals surface area contributed by atoms with E-state index in [0.717, 1.165) is 44.0 Å². The fourth-order valence-electron chi connectivity index (χ4n) is 4.41. The third kappa shape index (κ3) is 4.09. The zero-order valence-corrected chi connectivity index (χ0v) is 17.7. The van der Waals surface area contributed by atoms with Crippen LogP contribution in [0.25, 0.3) is 5.69 Å². The molecule has 0 atom stereocenters. The van der Waals surface area contributed by atoms with Crippen molar-refractivity contribution >= 4 is 5.91 Å². The Balaban J connectivity index is 1.65. The van der Waals surface area contributed by atoms with E-state index < -0.39 is 0 Å². The highest BCUT2D eigenvalue weighted by atomic mass is 16.5. The van der Waals surface area contributed by atoms with Gasteiger partial charge in [0.1, 0.15) is 0 Å². The van der Waals surface area contributed by atoms with Crippen LogP contribution < -0.4 is 0 Å². The summed E-state index contributed by atoms with van der Waals surface area (Å²) in [5.41, 5.74) is 3.86. The average Bonchev–Trinajstić information content (AvgIpc) is 3.07. The molecule has 1 aromatic heterocycles. The first-order chi connectivity index (χ1) is 14.0. The van der Waals surface area contributed by atoms with Crippen LogP contribution in [0.1, 0.15) is 54.2 Å². The molecule has 0 aliphatic carbocycles. The van der Waals surface area contributed by atoms with Gasteiger partial charge < -0.3 is 14.4 Å². The number of carbonyl (C=O) groups is 1. The van der Waals surface area contributed by atoms with E-state index in [0.29, 0.717) is 25.3 Å². The summed E-state index contributed by atoms with van der Waals surface area (Å²) in [5.74, 6) is 0.237. The maximum Gasteiger partial charge on any atom is 0.257 e. The summed E-state index contributed by atoms with van der Waals surface area (Å²) in [4.78, 5) is 15.6. The van der Waals surface area contributed by atoms with Crippen LogP contribution in [0.5, 0.6) is 0 Å². The fraction of sp³-hybridized carbons (Fsp3) is 0.565. The van der Waals surface area contributed by atoms with Gasteiger partial charge in [-0.1, -0.05) is 31.5 Å². The smallest absolute Gasteiger partial charge is 0.257 e. The van der Waals surface area contributed by atoms with Gasteiger partial charge in [-0.25, -0.2) is 4.68 Å². The number of carbonyl (C=O) groups excluding carboxylic acids is 1. The van der Waals surface area contributed by atoms with E-state index in [-0.39, 0.29) is 17.2 Å². The predicted octanol–water partition coefficient (Wildman–Crippen LogP) is 3.57. The molecule has 2 fully saturated rings. The Bertz CT molecular complexity index is 851. The van der Waals surface area contributed by atoms with E-state index in [2.05, 4.69) is 50.1 Å². The molecule has 1 aromatic carbocycles. The molecule has 6 nitrogen and oxygen atoms in total. The van der Waals surface area contributed by atoms with Gasteiger partial charge in [0.15, 0.2) is 0 Å². The van der Waals surface area contributed by atoms with Gasteiger partial charge in [-0.05, 0) is 37.8 Å². The van der Waals surface area contributed by atoms with Gasteiger partial charge in [-0.15, -0.1) is 0 Å². The van der Waals surface area contributed by atoms with Gasteiger partial charge in [0.05, 0.1) is 36.4 Å². The standard InChI is InChI=1S/C23H31N3O3/c1-17(2)21-20(14-24-26(21)19-6-4-18(3)5-7-19)22(27)25-10-13-29-16-23(15-25)8-11-28-12-9-23/h4-7,14,17H,8-13,15-16H2,1-3H3. The first-order valence-electron chi connectivity index (χ1n) is 10.6. The third-order valence-electron chi connectivity index (χ3n) is 6.14. The summed E-state index contributed by atoms with van der Waals surface area (Å²) >= 11 is 0. The van der Waals surface area contributed by atoms with Crippen molar-refractivity contribution in [2.24, 2.45) is 5.41 Å². The average molecular weight is 398 g/mol. The van der Waals surface area contributed by atoms with Crippen molar-refractivity contribution in [2.75, 3.05) is 39.5 Å². The van der Waals surface area contributed by atoms with Gasteiger partial charge in [-0.3, -0.25) is 4.79 Å². The highest BCUT2D eigenvalue weighted by Crippen LogP contribution is 2.34. The largest absolute Gasteiger partial charge is 0.381 e. The highest BCUT2D eigenvalue weighted by Gasteiger charge is 2.39. The van der Waals surface area contributed by atoms with E-state index >= 15 is 0 Å². The van der Waals surface area contributed by atoms with Gasteiger partial charge in [0, 0.05) is 31.7 Å². The number of aromatic nitrogens is 2. The van der Waals surface area contributed by atoms with Crippen molar-refractivity contribution in [2.45, 2.75) is 39.5 Å². The zero-order valence-electron chi connectivity index (χ0n) is 17.7. The summed E-state index contributed by atoms with van der Waals surface area (Å²) in [6.45, 7) is 10.4. The summed E-state index contributed by atoms with van der Waals surface area (Å²) in [5, 5.41) is 4.60. The van der Waals surface area contributed by atoms with Crippen LogP contribution in [0.2, 0.25) is 0 Å². The lowest BCUT2D eigenvalue weighted by atomic mass is 9.80. The van der Waals surface area contributed by atoms with Gasteiger partial charge in [0.25, 0.3) is 5.91 Å². The Morgan fingerprint density at radius 3 is 2.52 bits per heavy atom. The van der Waals surface area contributed by atoms with E-state index in [1.54, 1.807) is 6.20 Å². The molecule has 29 heavy (non-hydrogen) atoms. The van der Waals surface area contributed by atoms with Gasteiger partial charge in [0.2, 0.25) is 0 Å². The molecule has 2 saturated heterocycles. The van der Waals surface area contributed by atoms with Crippen molar-refractivity contribution < 1.29 is 14.3 Å². The number of hydrogen-bond donors (Lipinski definition) is 0. The summed E-state index contributed by atoms with van der Waals surface area (Å²) in [6, 6.07) is 8.26. The molecule has 0 bridgehead atoms. The molecule has 0 radical (unpaired) electrons. The molecule has 2 aliphatic rings. The number of rotatable bonds is 3. The number of benzene rings is 1. The lowest BCUT2D eigenvalue weighted by Crippen LogP contribution is -2.44. The number of aryl methyl sites for hydroxylation is 1. The lowest BCUT2D eigenvalue weighted by Gasteiger charge is -2.38. The molecule has 156 valence electrons. The molecular weight excluding hydrogens is 366 g/mol. The molecule has 4 rings (SSSR count). The topological polar surface area (TPSA) is 56.6 Å². The van der Waals surface area contributed by atoms with Crippen molar-refractivity contribution in [3.8, 4) is 5.69 Å². The third-order valence-corrected chi connectivity index (χ3v) is 6.14. The van der Waals surface area contributed by atoms with Crippen LogP contribution in [0.4, 0.5) is 0 Å².